The Labute approximate surface area is 177 Å². The van der Waals surface area contributed by atoms with Crippen LogP contribution in [0.1, 0.15) is 31.4 Å². The minimum absolute atomic E-state index is 0.152. The lowest BCUT2D eigenvalue weighted by Gasteiger charge is -2.23. The van der Waals surface area contributed by atoms with Crippen LogP contribution in [0.2, 0.25) is 0 Å². The molecule has 1 fully saturated rings. The summed E-state index contributed by atoms with van der Waals surface area (Å²) in [7, 11) is 0. The molecule has 0 atom stereocenters. The van der Waals surface area contributed by atoms with Gasteiger partial charge in [0.05, 0.1) is 18.1 Å². The molecule has 5 rings (SSSR count). The lowest BCUT2D eigenvalue weighted by atomic mass is 10.1. The zero-order chi connectivity index (χ0) is 21.4. The highest BCUT2D eigenvalue weighted by atomic mass is 16.5. The fraction of sp³-hybridized carbons (Fsp3) is 0.400. The number of pyridine rings is 1. The maximum Gasteiger partial charge on any atom is 0.236 e. The van der Waals surface area contributed by atoms with Crippen molar-refractivity contribution in [2.24, 2.45) is 4.99 Å². The third kappa shape index (κ3) is 3.36. The molecule has 4 aromatic heterocycles. The normalized spacial score (nSPS) is 15.7. The molecule has 0 aromatic carbocycles. The van der Waals surface area contributed by atoms with E-state index < -0.39 is 0 Å². The Kier molecular flexibility index (Phi) is 4.94. The number of hydrogen-bond acceptors (Lipinski definition) is 7. The average molecular weight is 421 g/mol. The average Bonchev–Trinajstić information content (AvgIpc) is 3.36. The van der Waals surface area contributed by atoms with Gasteiger partial charge in [-0.3, -0.25) is 9.36 Å². The molecule has 0 spiro atoms. The highest BCUT2D eigenvalue weighted by Crippen LogP contribution is 2.25. The topological polar surface area (TPSA) is 117 Å². The smallest absolute Gasteiger partial charge is 0.236 e. The quantitative estimate of drug-likeness (QED) is 0.488. The molecule has 1 saturated heterocycles. The van der Waals surface area contributed by atoms with Crippen molar-refractivity contribution in [2.75, 3.05) is 18.5 Å². The Balaban J connectivity index is 1.64. The van der Waals surface area contributed by atoms with E-state index >= 15 is 0 Å². The lowest BCUT2D eigenvalue weighted by Crippen LogP contribution is -2.32. The Morgan fingerprint density at radius 1 is 1.32 bits per heavy atom. The van der Waals surface area contributed by atoms with Gasteiger partial charge in [-0.05, 0) is 38.3 Å². The number of aromatic nitrogens is 7. The van der Waals surface area contributed by atoms with E-state index in [1.165, 1.54) is 6.33 Å². The lowest BCUT2D eigenvalue weighted by molar-refractivity contribution is -0.107. The zero-order valence-electron chi connectivity index (χ0n) is 17.4. The molecule has 5 heterocycles. The van der Waals surface area contributed by atoms with E-state index in [4.69, 9.17) is 9.72 Å². The van der Waals surface area contributed by atoms with Crippen LogP contribution in [-0.4, -0.2) is 53.3 Å². The predicted octanol–water partition coefficient (Wildman–Crippen LogP) is 1.76. The molecular weight excluding hydrogens is 398 g/mol. The van der Waals surface area contributed by atoms with Crippen molar-refractivity contribution >= 4 is 34.9 Å². The first kappa shape index (κ1) is 19.4. The number of ether oxygens (including phenoxy) is 1. The Morgan fingerprint density at radius 2 is 2.16 bits per heavy atom. The highest BCUT2D eigenvalue weighted by Gasteiger charge is 2.23. The molecule has 160 valence electrons. The maximum absolute atomic E-state index is 11.3. The first-order chi connectivity index (χ1) is 15.2. The summed E-state index contributed by atoms with van der Waals surface area (Å²) in [5.41, 5.74) is 4.78. The van der Waals surface area contributed by atoms with Gasteiger partial charge in [0.25, 0.3) is 0 Å². The second-order valence-electron chi connectivity index (χ2n) is 7.45. The van der Waals surface area contributed by atoms with Crippen molar-refractivity contribution in [3.05, 3.63) is 36.0 Å². The molecule has 31 heavy (non-hydrogen) atoms. The van der Waals surface area contributed by atoms with Crippen LogP contribution in [0.3, 0.4) is 0 Å². The highest BCUT2D eigenvalue weighted by molar-refractivity contribution is 5.73. The van der Waals surface area contributed by atoms with E-state index in [0.29, 0.717) is 37.7 Å². The van der Waals surface area contributed by atoms with Crippen molar-refractivity contribution in [1.29, 1.82) is 0 Å². The van der Waals surface area contributed by atoms with E-state index in [2.05, 4.69) is 29.9 Å². The molecule has 1 amide bonds. The van der Waals surface area contributed by atoms with Crippen LogP contribution in [-0.2, 0) is 16.1 Å². The molecule has 1 aliphatic heterocycles. The van der Waals surface area contributed by atoms with Gasteiger partial charge in [-0.15, -0.1) is 0 Å². The summed E-state index contributed by atoms with van der Waals surface area (Å²) in [6, 6.07) is 2.10. The van der Waals surface area contributed by atoms with Gasteiger partial charge in [-0.2, -0.15) is 15.1 Å². The summed E-state index contributed by atoms with van der Waals surface area (Å²) in [5, 5.41) is 7.49. The minimum atomic E-state index is 0.152. The number of nitrogens with one attached hydrogen (secondary N) is 1. The summed E-state index contributed by atoms with van der Waals surface area (Å²) in [6.45, 7) is 6.00. The van der Waals surface area contributed by atoms with Crippen LogP contribution in [0.5, 0.6) is 0 Å². The van der Waals surface area contributed by atoms with E-state index in [-0.39, 0.29) is 6.04 Å². The summed E-state index contributed by atoms with van der Waals surface area (Å²) in [6.07, 6.45) is 7.41. The van der Waals surface area contributed by atoms with Gasteiger partial charge in [-0.25, -0.2) is 14.5 Å². The number of carbonyl (C=O) groups excluding carboxylic acids is 1. The van der Waals surface area contributed by atoms with Gasteiger partial charge in [0.15, 0.2) is 11.3 Å². The number of rotatable bonds is 5. The van der Waals surface area contributed by atoms with Crippen molar-refractivity contribution in [2.45, 2.75) is 39.3 Å². The Hall–Kier alpha value is -3.60. The van der Waals surface area contributed by atoms with Crippen molar-refractivity contribution in [3.8, 4) is 0 Å². The van der Waals surface area contributed by atoms with Gasteiger partial charge in [-0.1, -0.05) is 0 Å². The van der Waals surface area contributed by atoms with E-state index in [9.17, 15) is 4.79 Å². The van der Waals surface area contributed by atoms with Crippen LogP contribution < -0.4 is 10.9 Å². The third-order valence-corrected chi connectivity index (χ3v) is 5.64. The van der Waals surface area contributed by atoms with Crippen molar-refractivity contribution < 1.29 is 9.53 Å². The number of aryl methyl sites for hydroxylation is 2. The molecule has 1 aliphatic rings. The number of nitrogens with zero attached hydrogens (tertiary/aromatic N) is 8. The fourth-order valence-electron chi connectivity index (χ4n) is 4.11. The van der Waals surface area contributed by atoms with Crippen LogP contribution in [0.25, 0.3) is 16.8 Å². The van der Waals surface area contributed by atoms with Crippen LogP contribution in [0.4, 0.5) is 11.6 Å². The first-order valence-corrected chi connectivity index (χ1v) is 10.3. The zero-order valence-corrected chi connectivity index (χ0v) is 17.4. The molecule has 11 heteroatoms. The predicted molar refractivity (Wildman–Crippen MR) is 113 cm³/mol. The monoisotopic (exact) mass is 421 g/mol. The SMILES string of the molecule is CCn1c(=NC=O)n(C2CCOCC2)c2nc(Nc3cn4ncnc4cc3C)ncc21. The number of hydrogen-bond donors (Lipinski definition) is 1. The second kappa shape index (κ2) is 7.91. The van der Waals surface area contributed by atoms with E-state index in [0.717, 1.165) is 40.9 Å². The molecule has 0 radical (unpaired) electrons. The largest absolute Gasteiger partial charge is 0.381 e. The van der Waals surface area contributed by atoms with E-state index in [1.807, 2.05) is 30.7 Å². The molecular formula is C20H23N9O2. The second-order valence-corrected chi connectivity index (χ2v) is 7.45. The minimum Gasteiger partial charge on any atom is -0.381 e. The Bertz CT molecular complexity index is 1330. The number of carbonyl (C=O) groups is 1. The Morgan fingerprint density at radius 3 is 2.94 bits per heavy atom. The van der Waals surface area contributed by atoms with Crippen molar-refractivity contribution in [3.63, 3.8) is 0 Å². The third-order valence-electron chi connectivity index (χ3n) is 5.64. The first-order valence-electron chi connectivity index (χ1n) is 10.3. The van der Waals surface area contributed by atoms with Gasteiger partial charge in [0, 0.05) is 25.8 Å². The molecule has 11 nitrogen and oxygen atoms in total. The van der Waals surface area contributed by atoms with Gasteiger partial charge in [0.2, 0.25) is 18.0 Å². The standard InChI is InChI=1S/C20H23N9O2/c1-3-27-16-9-21-19(25-15-10-28-17(8-13(15)2)22-11-24-28)26-18(16)29(20(27)23-12-30)14-4-6-31-7-5-14/h8-12,14H,3-7H2,1-2H3,(H,21,25,26). The van der Waals surface area contributed by atoms with Crippen molar-refractivity contribution in [1.82, 2.24) is 33.7 Å². The molecule has 1 N–H and O–H groups in total. The number of imidazole rings is 1. The fourth-order valence-corrected chi connectivity index (χ4v) is 4.11. The maximum atomic E-state index is 11.3. The molecule has 0 unspecified atom stereocenters. The van der Waals surface area contributed by atoms with E-state index in [1.54, 1.807) is 10.7 Å². The summed E-state index contributed by atoms with van der Waals surface area (Å²) in [4.78, 5) is 29.0. The number of amides is 1. The van der Waals surface area contributed by atoms with Gasteiger partial charge in [0.1, 0.15) is 11.8 Å². The molecule has 0 saturated carbocycles. The summed E-state index contributed by atoms with van der Waals surface area (Å²) in [5.74, 6) is 0.460. The van der Waals surface area contributed by atoms with Crippen LogP contribution in [0.15, 0.2) is 29.8 Å². The summed E-state index contributed by atoms with van der Waals surface area (Å²) >= 11 is 0. The molecule has 0 aliphatic carbocycles. The molecule has 0 bridgehead atoms. The van der Waals surface area contributed by atoms with Crippen LogP contribution >= 0.6 is 0 Å². The molecule has 4 aromatic rings. The number of anilines is 2. The number of fused-ring (bicyclic) bond motifs is 2. The van der Waals surface area contributed by atoms with Gasteiger partial charge < -0.3 is 14.6 Å². The van der Waals surface area contributed by atoms with Crippen LogP contribution in [0, 0.1) is 6.92 Å². The van der Waals surface area contributed by atoms with Gasteiger partial charge >= 0.3 is 0 Å². The summed E-state index contributed by atoms with van der Waals surface area (Å²) < 4.78 is 11.3.